The normalized spacial score (nSPS) is 20.1. The van der Waals surface area contributed by atoms with Crippen LogP contribution >= 0.6 is 11.8 Å². The summed E-state index contributed by atoms with van der Waals surface area (Å²) in [6.07, 6.45) is 3.16. The highest BCUT2D eigenvalue weighted by atomic mass is 32.2. The van der Waals surface area contributed by atoms with Gasteiger partial charge in [0.15, 0.2) is 6.10 Å². The number of amides is 1. The van der Waals surface area contributed by atoms with Crippen LogP contribution in [0.3, 0.4) is 0 Å². The lowest BCUT2D eigenvalue weighted by atomic mass is 10.1. The Bertz CT molecular complexity index is 566. The van der Waals surface area contributed by atoms with Gasteiger partial charge in [-0.05, 0) is 36.3 Å². The van der Waals surface area contributed by atoms with E-state index in [0.29, 0.717) is 6.04 Å². The Labute approximate surface area is 165 Å². The van der Waals surface area contributed by atoms with E-state index in [0.717, 1.165) is 38.2 Å². The Morgan fingerprint density at radius 2 is 1.85 bits per heavy atom. The first-order valence-corrected chi connectivity index (χ1v) is 10.6. The zero-order valence-electron chi connectivity index (χ0n) is 16.0. The largest absolute Gasteiger partial charge is 0.483 e. The van der Waals surface area contributed by atoms with Crippen LogP contribution in [0, 0.1) is 0 Å². The first-order valence-electron chi connectivity index (χ1n) is 9.47. The molecule has 150 valence electrons. The van der Waals surface area contributed by atoms with Crippen LogP contribution in [-0.4, -0.2) is 78.1 Å². The molecule has 0 spiro atoms. The quantitative estimate of drug-likeness (QED) is 0.792. The monoisotopic (exact) mass is 394 g/mol. The van der Waals surface area contributed by atoms with Gasteiger partial charge < -0.3 is 14.7 Å². The number of nitrogens with zero attached hydrogens (tertiary/aromatic N) is 2. The predicted octanol–water partition coefficient (Wildman–Crippen LogP) is 2.50. The second-order valence-corrected chi connectivity index (χ2v) is 7.91. The molecular formula is C20H30N2O4S. The maximum atomic E-state index is 12.9. The molecule has 7 heteroatoms. The van der Waals surface area contributed by atoms with Gasteiger partial charge in [-0.25, -0.2) is 0 Å². The van der Waals surface area contributed by atoms with Gasteiger partial charge in [0.25, 0.3) is 12.4 Å². The lowest BCUT2D eigenvalue weighted by Crippen LogP contribution is -2.42. The van der Waals surface area contributed by atoms with Crippen LogP contribution in [0.2, 0.25) is 0 Å². The molecule has 0 bridgehead atoms. The molecule has 27 heavy (non-hydrogen) atoms. The molecule has 0 aromatic heterocycles. The van der Waals surface area contributed by atoms with Crippen molar-refractivity contribution in [2.45, 2.75) is 31.4 Å². The minimum Gasteiger partial charge on any atom is -0.483 e. The van der Waals surface area contributed by atoms with Gasteiger partial charge in [0.05, 0.1) is 0 Å². The first kappa shape index (κ1) is 21.7. The van der Waals surface area contributed by atoms with Gasteiger partial charge in [-0.3, -0.25) is 14.5 Å². The predicted molar refractivity (Wildman–Crippen MR) is 108 cm³/mol. The molecule has 6 nitrogen and oxygen atoms in total. The van der Waals surface area contributed by atoms with E-state index in [2.05, 4.69) is 16.7 Å². The van der Waals surface area contributed by atoms with Gasteiger partial charge in [-0.2, -0.15) is 11.8 Å². The van der Waals surface area contributed by atoms with E-state index in [-0.39, 0.29) is 12.4 Å². The number of hydrogen-bond acceptors (Lipinski definition) is 5. The number of carbonyl (C=O) groups excluding carboxylic acids is 1. The molecule has 0 unspecified atom stereocenters. The van der Waals surface area contributed by atoms with E-state index in [1.807, 2.05) is 35.2 Å². The zero-order chi connectivity index (χ0) is 19.5. The van der Waals surface area contributed by atoms with Gasteiger partial charge in [-0.15, -0.1) is 0 Å². The molecule has 1 atom stereocenters. The Morgan fingerprint density at radius 3 is 2.48 bits per heavy atom. The first-order chi connectivity index (χ1) is 13.2. The second-order valence-electron chi connectivity index (χ2n) is 6.69. The third-order valence-electron chi connectivity index (χ3n) is 5.11. The molecule has 1 N–H and O–H groups in total. The third-order valence-corrected chi connectivity index (χ3v) is 6.16. The second kappa shape index (κ2) is 12.0. The van der Waals surface area contributed by atoms with E-state index >= 15 is 0 Å². The highest BCUT2D eigenvalue weighted by molar-refractivity contribution is 7.99. The van der Waals surface area contributed by atoms with E-state index in [9.17, 15) is 4.79 Å². The van der Waals surface area contributed by atoms with E-state index in [4.69, 9.17) is 14.6 Å². The number of methoxy groups -OCH3 is 1. The van der Waals surface area contributed by atoms with E-state index < -0.39 is 6.10 Å². The number of rotatable bonds is 4. The fourth-order valence-electron chi connectivity index (χ4n) is 3.75. The topological polar surface area (TPSA) is 70.1 Å². The van der Waals surface area contributed by atoms with Crippen LogP contribution in [-0.2, 0) is 14.3 Å². The SMILES string of the molecule is CO[C@@H](C(=O)N1CCCN(C2CCSCC2)CC1)c1ccccc1.O=CO. The maximum absolute atomic E-state index is 12.9. The van der Waals surface area contributed by atoms with Crippen molar-refractivity contribution in [2.24, 2.45) is 0 Å². The Hall–Kier alpha value is -1.57. The Balaban J connectivity index is 0.000000817. The number of carbonyl (C=O) groups is 2. The number of thioether (sulfide) groups is 1. The number of carboxylic acid groups (broad SMARTS) is 1. The van der Waals surface area contributed by atoms with Gasteiger partial charge in [0.2, 0.25) is 0 Å². The summed E-state index contributed by atoms with van der Waals surface area (Å²) >= 11 is 2.07. The van der Waals surface area contributed by atoms with Crippen molar-refractivity contribution in [3.05, 3.63) is 35.9 Å². The fraction of sp³-hybridized carbons (Fsp3) is 0.600. The van der Waals surface area contributed by atoms with Crippen LogP contribution in [0.1, 0.15) is 30.9 Å². The van der Waals surface area contributed by atoms with Crippen molar-refractivity contribution < 1.29 is 19.4 Å². The van der Waals surface area contributed by atoms with Crippen LogP contribution in [0.4, 0.5) is 0 Å². The molecule has 1 amide bonds. The summed E-state index contributed by atoms with van der Waals surface area (Å²) in [4.78, 5) is 25.9. The number of hydrogen-bond donors (Lipinski definition) is 1. The van der Waals surface area contributed by atoms with Crippen LogP contribution in [0.25, 0.3) is 0 Å². The number of ether oxygens (including phenoxy) is 1. The molecular weight excluding hydrogens is 364 g/mol. The molecule has 1 aromatic rings. The molecule has 2 aliphatic rings. The molecule has 2 aliphatic heterocycles. The van der Waals surface area contributed by atoms with E-state index in [1.54, 1.807) is 7.11 Å². The van der Waals surface area contributed by atoms with Crippen LogP contribution < -0.4 is 0 Å². The van der Waals surface area contributed by atoms with Crippen molar-refractivity contribution in [3.63, 3.8) is 0 Å². The summed E-state index contributed by atoms with van der Waals surface area (Å²) in [6.45, 7) is 3.51. The third kappa shape index (κ3) is 6.52. The van der Waals surface area contributed by atoms with E-state index in [1.165, 1.54) is 24.3 Å². The summed E-state index contributed by atoms with van der Waals surface area (Å²) < 4.78 is 5.53. The highest BCUT2D eigenvalue weighted by Crippen LogP contribution is 2.24. The minimum absolute atomic E-state index is 0.102. The lowest BCUT2D eigenvalue weighted by molar-refractivity contribution is -0.142. The lowest BCUT2D eigenvalue weighted by Gasteiger charge is -2.33. The smallest absolute Gasteiger partial charge is 0.290 e. The standard InChI is InChI=1S/C19H28N2O2S.CH2O2/c1-23-18(16-6-3-2-4-7-16)19(22)21-11-5-10-20(12-13-21)17-8-14-24-15-9-17;2-1-3/h2-4,6-7,17-18H,5,8-15H2,1H3;1H,(H,2,3)/t18-;/m1./s1. The molecule has 1 aromatic carbocycles. The molecule has 2 saturated heterocycles. The molecule has 0 aliphatic carbocycles. The van der Waals surface area contributed by atoms with Crippen molar-refractivity contribution in [2.75, 3.05) is 44.8 Å². The average Bonchev–Trinajstić information content (AvgIpc) is 2.97. The van der Waals surface area contributed by atoms with Gasteiger partial charge in [0, 0.05) is 39.3 Å². The average molecular weight is 395 g/mol. The van der Waals surface area contributed by atoms with Crippen molar-refractivity contribution in [1.82, 2.24) is 9.80 Å². The highest BCUT2D eigenvalue weighted by Gasteiger charge is 2.29. The Morgan fingerprint density at radius 1 is 1.19 bits per heavy atom. The summed E-state index contributed by atoms with van der Waals surface area (Å²) in [7, 11) is 1.62. The molecule has 2 heterocycles. The van der Waals surface area contributed by atoms with Gasteiger partial charge in [-0.1, -0.05) is 30.3 Å². The van der Waals surface area contributed by atoms with Crippen LogP contribution in [0.5, 0.6) is 0 Å². The Kier molecular flexibility index (Phi) is 9.66. The summed E-state index contributed by atoms with van der Waals surface area (Å²) in [5, 5.41) is 6.89. The van der Waals surface area contributed by atoms with Crippen LogP contribution in [0.15, 0.2) is 30.3 Å². The minimum atomic E-state index is -0.483. The molecule has 3 rings (SSSR count). The van der Waals surface area contributed by atoms with Gasteiger partial charge in [0.1, 0.15) is 0 Å². The number of benzene rings is 1. The summed E-state index contributed by atoms with van der Waals surface area (Å²) in [5.41, 5.74) is 0.940. The maximum Gasteiger partial charge on any atom is 0.290 e. The molecule has 0 radical (unpaired) electrons. The van der Waals surface area contributed by atoms with Gasteiger partial charge >= 0.3 is 0 Å². The molecule has 2 fully saturated rings. The molecule has 0 saturated carbocycles. The zero-order valence-corrected chi connectivity index (χ0v) is 16.8. The summed E-state index contributed by atoms with van der Waals surface area (Å²) in [6, 6.07) is 10.5. The van der Waals surface area contributed by atoms with Crippen molar-refractivity contribution in [1.29, 1.82) is 0 Å². The summed E-state index contributed by atoms with van der Waals surface area (Å²) in [5.74, 6) is 2.66. The van der Waals surface area contributed by atoms with Crippen molar-refractivity contribution in [3.8, 4) is 0 Å². The fourth-order valence-corrected chi connectivity index (χ4v) is 4.83. The van der Waals surface area contributed by atoms with Crippen molar-refractivity contribution >= 4 is 24.1 Å².